The van der Waals surface area contributed by atoms with Gasteiger partial charge in [-0.3, -0.25) is 0 Å². The van der Waals surface area contributed by atoms with Crippen molar-refractivity contribution in [3.8, 4) is 17.3 Å². The Morgan fingerprint density at radius 1 is 1.41 bits per heavy atom. The molecule has 0 unspecified atom stereocenters. The Balaban J connectivity index is 2.61. The van der Waals surface area contributed by atoms with Crippen LogP contribution in [-0.2, 0) is 6.54 Å². The lowest BCUT2D eigenvalue weighted by molar-refractivity contribution is 0.584. The molecule has 2 aromatic rings. The van der Waals surface area contributed by atoms with Gasteiger partial charge in [-0.2, -0.15) is 5.26 Å². The number of hydrogen-bond acceptors (Lipinski definition) is 3. The first-order valence-corrected chi connectivity index (χ1v) is 6.15. The zero-order valence-corrected chi connectivity index (χ0v) is 11.0. The second-order valence-corrected chi connectivity index (χ2v) is 4.46. The highest BCUT2D eigenvalue weighted by molar-refractivity contribution is 9.10. The Labute approximate surface area is 108 Å². The molecule has 0 aliphatic carbocycles. The van der Waals surface area contributed by atoms with Gasteiger partial charge in [0.25, 0.3) is 0 Å². The van der Waals surface area contributed by atoms with Crippen molar-refractivity contribution in [3.63, 3.8) is 0 Å². The maximum absolute atomic E-state index is 9.07. The van der Waals surface area contributed by atoms with Crippen LogP contribution in [0.4, 0.5) is 0 Å². The number of nitriles is 1. The smallest absolute Gasteiger partial charge is 0.190 e. The minimum Gasteiger partial charge on any atom is -0.243 e. The van der Waals surface area contributed by atoms with Gasteiger partial charge < -0.3 is 0 Å². The van der Waals surface area contributed by atoms with Gasteiger partial charge in [0.2, 0.25) is 0 Å². The summed E-state index contributed by atoms with van der Waals surface area (Å²) in [6.45, 7) is 2.82. The second-order valence-electron chi connectivity index (χ2n) is 3.60. The van der Waals surface area contributed by atoms with E-state index in [4.69, 9.17) is 5.26 Å². The SMILES string of the molecule is CCCn1nnc(C#N)c1-c1ccccc1Br. The molecule has 0 spiro atoms. The van der Waals surface area contributed by atoms with Crippen LogP contribution in [0.2, 0.25) is 0 Å². The molecule has 0 radical (unpaired) electrons. The third kappa shape index (κ3) is 2.22. The molecule has 0 aliphatic heterocycles. The van der Waals surface area contributed by atoms with Crippen molar-refractivity contribution in [2.45, 2.75) is 19.9 Å². The van der Waals surface area contributed by atoms with E-state index in [1.165, 1.54) is 0 Å². The van der Waals surface area contributed by atoms with E-state index in [-0.39, 0.29) is 0 Å². The van der Waals surface area contributed by atoms with Crippen molar-refractivity contribution in [2.75, 3.05) is 0 Å². The molecule has 5 heteroatoms. The average Bonchev–Trinajstić information content (AvgIpc) is 2.73. The number of halogens is 1. The summed E-state index contributed by atoms with van der Waals surface area (Å²) < 4.78 is 2.72. The average molecular weight is 291 g/mol. The van der Waals surface area contributed by atoms with Crippen LogP contribution in [0, 0.1) is 11.3 Å². The first kappa shape index (κ1) is 11.8. The third-order valence-electron chi connectivity index (χ3n) is 2.41. The molecule has 0 aliphatic rings. The standard InChI is InChI=1S/C12H11BrN4/c1-2-7-17-12(11(8-14)15-16-17)9-5-3-4-6-10(9)13/h3-6H,2,7H2,1H3. The van der Waals surface area contributed by atoms with Gasteiger partial charge in [0.15, 0.2) is 5.69 Å². The van der Waals surface area contributed by atoms with Gasteiger partial charge in [-0.25, -0.2) is 4.68 Å². The number of aromatic nitrogens is 3. The predicted molar refractivity (Wildman–Crippen MR) is 68.2 cm³/mol. The van der Waals surface area contributed by atoms with E-state index in [1.54, 1.807) is 4.68 Å². The van der Waals surface area contributed by atoms with Crippen molar-refractivity contribution >= 4 is 15.9 Å². The number of nitrogens with zero attached hydrogens (tertiary/aromatic N) is 4. The van der Waals surface area contributed by atoms with E-state index in [1.807, 2.05) is 24.3 Å². The Morgan fingerprint density at radius 2 is 2.18 bits per heavy atom. The molecule has 0 atom stereocenters. The molecule has 1 aromatic heterocycles. The highest BCUT2D eigenvalue weighted by Gasteiger charge is 2.16. The third-order valence-corrected chi connectivity index (χ3v) is 3.10. The van der Waals surface area contributed by atoms with Gasteiger partial charge in [0, 0.05) is 16.6 Å². The minimum atomic E-state index is 0.366. The molecule has 2 rings (SSSR count). The fourth-order valence-corrected chi connectivity index (χ4v) is 2.15. The van der Waals surface area contributed by atoms with Gasteiger partial charge in [-0.15, -0.1) is 5.10 Å². The van der Waals surface area contributed by atoms with Crippen LogP contribution in [-0.4, -0.2) is 15.0 Å². The van der Waals surface area contributed by atoms with Crippen molar-refractivity contribution in [3.05, 3.63) is 34.4 Å². The largest absolute Gasteiger partial charge is 0.243 e. The van der Waals surface area contributed by atoms with Crippen LogP contribution in [0.3, 0.4) is 0 Å². The quantitative estimate of drug-likeness (QED) is 0.873. The van der Waals surface area contributed by atoms with Gasteiger partial charge in [-0.05, 0) is 12.5 Å². The molecule has 1 heterocycles. The molecule has 4 nitrogen and oxygen atoms in total. The normalized spacial score (nSPS) is 10.2. The van der Waals surface area contributed by atoms with E-state index in [0.717, 1.165) is 28.7 Å². The van der Waals surface area contributed by atoms with E-state index in [9.17, 15) is 0 Å². The van der Waals surface area contributed by atoms with Gasteiger partial charge in [0.05, 0.1) is 0 Å². The van der Waals surface area contributed by atoms with Crippen molar-refractivity contribution in [1.82, 2.24) is 15.0 Å². The molecule has 0 fully saturated rings. The first-order valence-electron chi connectivity index (χ1n) is 5.36. The minimum absolute atomic E-state index is 0.366. The lowest BCUT2D eigenvalue weighted by Crippen LogP contribution is -2.02. The molecular formula is C12H11BrN4. The van der Waals surface area contributed by atoms with Crippen molar-refractivity contribution in [2.24, 2.45) is 0 Å². The lowest BCUT2D eigenvalue weighted by atomic mass is 10.1. The van der Waals surface area contributed by atoms with Crippen LogP contribution in [0.25, 0.3) is 11.3 Å². The first-order chi connectivity index (χ1) is 8.27. The molecule has 0 saturated carbocycles. The van der Waals surface area contributed by atoms with Crippen molar-refractivity contribution in [1.29, 1.82) is 5.26 Å². The summed E-state index contributed by atoms with van der Waals surface area (Å²) in [5.41, 5.74) is 2.09. The van der Waals surface area contributed by atoms with Gasteiger partial charge >= 0.3 is 0 Å². The fraction of sp³-hybridized carbons (Fsp3) is 0.250. The highest BCUT2D eigenvalue weighted by atomic mass is 79.9. The molecule has 86 valence electrons. The molecule has 0 bridgehead atoms. The maximum atomic E-state index is 9.07. The van der Waals surface area contributed by atoms with Crippen LogP contribution < -0.4 is 0 Å². The number of benzene rings is 1. The van der Waals surface area contributed by atoms with Crippen LogP contribution in [0.1, 0.15) is 19.0 Å². The molecule has 0 N–H and O–H groups in total. The molecule has 1 aromatic carbocycles. The fourth-order valence-electron chi connectivity index (χ4n) is 1.68. The Hall–Kier alpha value is -1.67. The van der Waals surface area contributed by atoms with E-state index in [0.29, 0.717) is 5.69 Å². The second kappa shape index (κ2) is 5.11. The predicted octanol–water partition coefficient (Wildman–Crippen LogP) is 2.99. The summed E-state index contributed by atoms with van der Waals surface area (Å²) in [6, 6.07) is 9.86. The Kier molecular flexibility index (Phi) is 3.55. The van der Waals surface area contributed by atoms with Gasteiger partial charge in [0.1, 0.15) is 11.8 Å². The maximum Gasteiger partial charge on any atom is 0.190 e. The van der Waals surface area contributed by atoms with Crippen LogP contribution in [0.5, 0.6) is 0 Å². The molecule has 17 heavy (non-hydrogen) atoms. The van der Waals surface area contributed by atoms with E-state index < -0.39 is 0 Å². The van der Waals surface area contributed by atoms with E-state index >= 15 is 0 Å². The summed E-state index contributed by atoms with van der Waals surface area (Å²) in [6.07, 6.45) is 0.950. The lowest BCUT2D eigenvalue weighted by Gasteiger charge is -2.06. The molecule has 0 saturated heterocycles. The summed E-state index contributed by atoms with van der Waals surface area (Å²) in [7, 11) is 0. The summed E-state index contributed by atoms with van der Waals surface area (Å²) >= 11 is 3.49. The van der Waals surface area contributed by atoms with Crippen molar-refractivity contribution < 1.29 is 0 Å². The molecular weight excluding hydrogens is 280 g/mol. The Bertz CT molecular complexity index is 568. The topological polar surface area (TPSA) is 54.5 Å². The van der Waals surface area contributed by atoms with Crippen LogP contribution >= 0.6 is 15.9 Å². The Morgan fingerprint density at radius 3 is 2.82 bits per heavy atom. The zero-order chi connectivity index (χ0) is 12.3. The number of aryl methyl sites for hydroxylation is 1. The summed E-state index contributed by atoms with van der Waals surface area (Å²) in [5, 5.41) is 17.0. The van der Waals surface area contributed by atoms with E-state index in [2.05, 4.69) is 39.2 Å². The monoisotopic (exact) mass is 290 g/mol. The number of hydrogen-bond donors (Lipinski definition) is 0. The molecule has 0 amide bonds. The summed E-state index contributed by atoms with van der Waals surface area (Å²) in [5.74, 6) is 0. The zero-order valence-electron chi connectivity index (χ0n) is 9.39. The highest BCUT2D eigenvalue weighted by Crippen LogP contribution is 2.29. The van der Waals surface area contributed by atoms with Gasteiger partial charge in [-0.1, -0.05) is 46.3 Å². The summed E-state index contributed by atoms with van der Waals surface area (Å²) in [4.78, 5) is 0. The number of rotatable bonds is 3. The van der Waals surface area contributed by atoms with Crippen LogP contribution in [0.15, 0.2) is 28.7 Å².